The summed E-state index contributed by atoms with van der Waals surface area (Å²) in [6.45, 7) is 1.35. The van der Waals surface area contributed by atoms with Crippen LogP contribution in [-0.4, -0.2) is 43.4 Å². The number of rotatable bonds is 4. The fourth-order valence-electron chi connectivity index (χ4n) is 3.31. The third-order valence-corrected chi connectivity index (χ3v) is 4.65. The van der Waals surface area contributed by atoms with E-state index in [2.05, 4.69) is 15.0 Å². The van der Waals surface area contributed by atoms with Crippen LogP contribution in [0.5, 0.6) is 11.6 Å². The molecule has 1 aliphatic rings. The number of benzene rings is 1. The normalized spacial score (nSPS) is 16.9. The molecule has 2 aromatic heterocycles. The summed E-state index contributed by atoms with van der Waals surface area (Å²) < 4.78 is 7.57. The third kappa shape index (κ3) is 3.97. The summed E-state index contributed by atoms with van der Waals surface area (Å²) in [6, 6.07) is 9.51. The predicted octanol–water partition coefficient (Wildman–Crippen LogP) is 3.02. The van der Waals surface area contributed by atoms with Crippen molar-refractivity contribution in [2.75, 3.05) is 13.1 Å². The summed E-state index contributed by atoms with van der Waals surface area (Å²) in [5.74, 6) is 1.29. The van der Waals surface area contributed by atoms with Crippen molar-refractivity contribution in [3.05, 3.63) is 66.6 Å². The fraction of sp³-hybridized carbons (Fsp3) is 0.300. The molecule has 1 amide bonds. The van der Waals surface area contributed by atoms with Crippen LogP contribution in [0.25, 0.3) is 0 Å². The Morgan fingerprint density at radius 3 is 2.85 bits per heavy atom. The van der Waals surface area contributed by atoms with Gasteiger partial charge in [0.25, 0.3) is 5.91 Å². The lowest BCUT2D eigenvalue weighted by molar-refractivity contribution is 0.0700. The molecule has 0 unspecified atom stereocenters. The lowest BCUT2D eigenvalue weighted by Gasteiger charge is -2.32. The van der Waals surface area contributed by atoms with Gasteiger partial charge in [0.15, 0.2) is 0 Å². The molecule has 7 nitrogen and oxygen atoms in total. The number of piperidine rings is 1. The standard InChI is InChI=1S/C20H21N5O2/c1-24-13-18(22-14-24)20(26)25-9-5-6-15(12-25)17-10-21-11-19(23-17)27-16-7-3-2-4-8-16/h2-4,7-8,10-11,13-15H,5-6,9,12H2,1H3/t15-/m0/s1. The highest BCUT2D eigenvalue weighted by molar-refractivity contribution is 5.92. The molecule has 0 spiro atoms. The topological polar surface area (TPSA) is 73.1 Å². The molecular weight excluding hydrogens is 342 g/mol. The van der Waals surface area contributed by atoms with Crippen LogP contribution in [0.2, 0.25) is 0 Å². The first-order valence-corrected chi connectivity index (χ1v) is 9.01. The minimum atomic E-state index is -0.0371. The van der Waals surface area contributed by atoms with Crippen molar-refractivity contribution in [2.24, 2.45) is 7.05 Å². The molecule has 1 atom stereocenters. The van der Waals surface area contributed by atoms with Crippen LogP contribution in [0.15, 0.2) is 55.2 Å². The van der Waals surface area contributed by atoms with Gasteiger partial charge in [-0.3, -0.25) is 9.78 Å². The SMILES string of the molecule is Cn1cnc(C(=O)N2CCC[C@H](c3cncc(Oc4ccccc4)n3)C2)c1. The number of imidazole rings is 1. The van der Waals surface area contributed by atoms with Gasteiger partial charge in [-0.15, -0.1) is 0 Å². The van der Waals surface area contributed by atoms with Crippen molar-refractivity contribution in [3.8, 4) is 11.6 Å². The maximum absolute atomic E-state index is 12.7. The number of aryl methyl sites for hydroxylation is 1. The van der Waals surface area contributed by atoms with Crippen molar-refractivity contribution in [3.63, 3.8) is 0 Å². The van der Waals surface area contributed by atoms with Gasteiger partial charge in [0, 0.05) is 38.4 Å². The molecule has 3 aromatic rings. The van der Waals surface area contributed by atoms with Gasteiger partial charge in [-0.1, -0.05) is 18.2 Å². The lowest BCUT2D eigenvalue weighted by atomic mass is 9.95. The number of likely N-dealkylation sites (tertiary alicyclic amines) is 1. The largest absolute Gasteiger partial charge is 0.437 e. The highest BCUT2D eigenvalue weighted by Gasteiger charge is 2.27. The van der Waals surface area contributed by atoms with Gasteiger partial charge in [-0.05, 0) is 25.0 Å². The van der Waals surface area contributed by atoms with E-state index in [1.165, 1.54) is 0 Å². The van der Waals surface area contributed by atoms with Crippen molar-refractivity contribution in [1.82, 2.24) is 24.4 Å². The Labute approximate surface area is 157 Å². The zero-order valence-corrected chi connectivity index (χ0v) is 15.2. The first kappa shape index (κ1) is 17.2. The van der Waals surface area contributed by atoms with Gasteiger partial charge in [-0.25, -0.2) is 9.97 Å². The Bertz CT molecular complexity index is 925. The number of hydrogen-bond acceptors (Lipinski definition) is 5. The highest BCUT2D eigenvalue weighted by atomic mass is 16.5. The van der Waals surface area contributed by atoms with Crippen LogP contribution in [-0.2, 0) is 7.05 Å². The van der Waals surface area contributed by atoms with Gasteiger partial charge < -0.3 is 14.2 Å². The number of hydrogen-bond donors (Lipinski definition) is 0. The minimum Gasteiger partial charge on any atom is -0.437 e. The van der Waals surface area contributed by atoms with E-state index < -0.39 is 0 Å². The van der Waals surface area contributed by atoms with Gasteiger partial charge in [0.1, 0.15) is 11.4 Å². The first-order chi connectivity index (χ1) is 13.2. The Hall–Kier alpha value is -3.22. The number of para-hydroxylation sites is 1. The van der Waals surface area contributed by atoms with E-state index in [-0.39, 0.29) is 11.8 Å². The van der Waals surface area contributed by atoms with Crippen molar-refractivity contribution >= 4 is 5.91 Å². The van der Waals surface area contributed by atoms with E-state index in [0.717, 1.165) is 30.8 Å². The quantitative estimate of drug-likeness (QED) is 0.712. The summed E-state index contributed by atoms with van der Waals surface area (Å²) in [7, 11) is 1.86. The molecule has 0 saturated carbocycles. The molecule has 1 saturated heterocycles. The zero-order chi connectivity index (χ0) is 18.6. The van der Waals surface area contributed by atoms with E-state index in [4.69, 9.17) is 4.74 Å². The second kappa shape index (κ2) is 7.57. The fourth-order valence-corrected chi connectivity index (χ4v) is 3.31. The maximum Gasteiger partial charge on any atom is 0.274 e. The minimum absolute atomic E-state index is 0.0371. The molecule has 1 aliphatic heterocycles. The number of nitrogens with zero attached hydrogens (tertiary/aromatic N) is 5. The molecule has 1 aromatic carbocycles. The van der Waals surface area contributed by atoms with Gasteiger partial charge in [0.2, 0.25) is 5.88 Å². The van der Waals surface area contributed by atoms with Crippen molar-refractivity contribution in [2.45, 2.75) is 18.8 Å². The molecule has 0 aliphatic carbocycles. The molecule has 27 heavy (non-hydrogen) atoms. The summed E-state index contributed by atoms with van der Waals surface area (Å²) in [5, 5.41) is 0. The Kier molecular flexibility index (Phi) is 4.82. The Balaban J connectivity index is 1.48. The molecular formula is C20H21N5O2. The number of carbonyl (C=O) groups is 1. The summed E-state index contributed by atoms with van der Waals surface area (Å²) in [4.78, 5) is 27.6. The van der Waals surface area contributed by atoms with Crippen LogP contribution in [0.1, 0.15) is 34.9 Å². The second-order valence-electron chi connectivity index (χ2n) is 6.71. The predicted molar refractivity (Wildman–Crippen MR) is 99.6 cm³/mol. The van der Waals surface area contributed by atoms with Crippen LogP contribution < -0.4 is 4.74 Å². The molecule has 138 valence electrons. The highest BCUT2D eigenvalue weighted by Crippen LogP contribution is 2.28. The summed E-state index contributed by atoms with van der Waals surface area (Å²) in [5.41, 5.74) is 1.33. The molecule has 0 N–H and O–H groups in total. The monoisotopic (exact) mass is 363 g/mol. The molecule has 0 bridgehead atoms. The smallest absolute Gasteiger partial charge is 0.274 e. The number of carbonyl (C=O) groups excluding carboxylic acids is 1. The van der Waals surface area contributed by atoms with E-state index in [1.807, 2.05) is 42.3 Å². The van der Waals surface area contributed by atoms with Gasteiger partial charge in [-0.2, -0.15) is 0 Å². The molecule has 0 radical (unpaired) electrons. The van der Waals surface area contributed by atoms with E-state index in [9.17, 15) is 4.79 Å². The van der Waals surface area contributed by atoms with E-state index in [1.54, 1.807) is 29.5 Å². The third-order valence-electron chi connectivity index (χ3n) is 4.65. The number of aromatic nitrogens is 4. The van der Waals surface area contributed by atoms with Crippen LogP contribution in [0.3, 0.4) is 0 Å². The molecule has 7 heteroatoms. The van der Waals surface area contributed by atoms with Crippen LogP contribution >= 0.6 is 0 Å². The van der Waals surface area contributed by atoms with Gasteiger partial charge >= 0.3 is 0 Å². The summed E-state index contributed by atoms with van der Waals surface area (Å²) >= 11 is 0. The number of amides is 1. The molecule has 4 rings (SSSR count). The second-order valence-corrected chi connectivity index (χ2v) is 6.71. The molecule has 3 heterocycles. The van der Waals surface area contributed by atoms with E-state index >= 15 is 0 Å². The number of ether oxygens (including phenoxy) is 1. The molecule has 1 fully saturated rings. The average molecular weight is 363 g/mol. The van der Waals surface area contributed by atoms with Crippen LogP contribution in [0.4, 0.5) is 0 Å². The first-order valence-electron chi connectivity index (χ1n) is 9.01. The van der Waals surface area contributed by atoms with Crippen molar-refractivity contribution in [1.29, 1.82) is 0 Å². The maximum atomic E-state index is 12.7. The Morgan fingerprint density at radius 2 is 2.07 bits per heavy atom. The van der Waals surface area contributed by atoms with Crippen LogP contribution in [0, 0.1) is 0 Å². The van der Waals surface area contributed by atoms with E-state index in [0.29, 0.717) is 18.1 Å². The Morgan fingerprint density at radius 1 is 1.22 bits per heavy atom. The lowest BCUT2D eigenvalue weighted by Crippen LogP contribution is -2.39. The summed E-state index contributed by atoms with van der Waals surface area (Å²) in [6.07, 6.45) is 8.65. The zero-order valence-electron chi connectivity index (χ0n) is 15.2. The average Bonchev–Trinajstić information content (AvgIpc) is 3.15. The van der Waals surface area contributed by atoms with Crippen molar-refractivity contribution < 1.29 is 9.53 Å². The van der Waals surface area contributed by atoms with Gasteiger partial charge in [0.05, 0.1) is 18.2 Å².